The summed E-state index contributed by atoms with van der Waals surface area (Å²) in [7, 11) is 0. The number of aromatic amines is 1. The Kier molecular flexibility index (Phi) is 15.3. The highest BCUT2D eigenvalue weighted by molar-refractivity contribution is 14.1. The fraction of sp³-hybridized carbons (Fsp3) is 0.344. The number of nitrogens with two attached hydrogens (primary N) is 3. The molecule has 0 aliphatic rings. The number of hydrogen-bond donors (Lipinski definition) is 8. The van der Waals surface area contributed by atoms with Crippen LogP contribution in [-0.4, -0.2) is 76.2 Å². The predicted octanol–water partition coefficient (Wildman–Crippen LogP) is 0.194. The van der Waals surface area contributed by atoms with E-state index in [0.29, 0.717) is 16.3 Å². The highest BCUT2D eigenvalue weighted by atomic mass is 127. The first-order chi connectivity index (χ1) is 23.3. The maximum atomic E-state index is 13.9. The van der Waals surface area contributed by atoms with Gasteiger partial charge < -0.3 is 43.5 Å². The van der Waals surface area contributed by atoms with Crippen LogP contribution in [0.15, 0.2) is 66.0 Å². The fourth-order valence-electron chi connectivity index (χ4n) is 4.80. The maximum Gasteiger partial charge on any atom is 0.243 e. The van der Waals surface area contributed by atoms with Gasteiger partial charge in [0.2, 0.25) is 29.5 Å². The summed E-state index contributed by atoms with van der Waals surface area (Å²) < 4.78 is 0.995. The molecule has 0 bridgehead atoms. The zero-order valence-electron chi connectivity index (χ0n) is 26.7. The number of amides is 5. The van der Waals surface area contributed by atoms with Gasteiger partial charge in [-0.25, -0.2) is 4.98 Å². The van der Waals surface area contributed by atoms with E-state index in [2.05, 4.69) is 58.8 Å². The molecule has 4 atom stereocenters. The van der Waals surface area contributed by atoms with Crippen LogP contribution in [0.4, 0.5) is 0 Å². The molecule has 2 aromatic carbocycles. The Morgan fingerprint density at radius 3 is 1.88 bits per heavy atom. The second kappa shape index (κ2) is 19.3. The maximum absolute atomic E-state index is 13.9. The van der Waals surface area contributed by atoms with Gasteiger partial charge in [0.05, 0.1) is 6.33 Å². The van der Waals surface area contributed by atoms with E-state index >= 15 is 0 Å². The van der Waals surface area contributed by atoms with Crippen molar-refractivity contribution in [1.82, 2.24) is 31.2 Å². The minimum Gasteiger partial charge on any atom is -0.370 e. The number of guanidine groups is 1. The van der Waals surface area contributed by atoms with Crippen LogP contribution >= 0.6 is 34.2 Å². The molecule has 0 saturated heterocycles. The number of H-pyrrole nitrogens is 1. The number of halogens is 2. The van der Waals surface area contributed by atoms with E-state index < -0.39 is 53.7 Å². The van der Waals surface area contributed by atoms with Gasteiger partial charge in [0.15, 0.2) is 5.96 Å². The molecule has 11 N–H and O–H groups in total. The molecule has 0 aliphatic heterocycles. The molecule has 5 amide bonds. The highest BCUT2D eigenvalue weighted by Crippen LogP contribution is 2.13. The quantitative estimate of drug-likeness (QED) is 0.0381. The van der Waals surface area contributed by atoms with Crippen LogP contribution in [0.2, 0.25) is 5.02 Å². The minimum absolute atomic E-state index is 0.0185. The van der Waals surface area contributed by atoms with Crippen LogP contribution in [0, 0.1) is 3.57 Å². The van der Waals surface area contributed by atoms with Gasteiger partial charge in [-0.2, -0.15) is 0 Å². The molecule has 15 nitrogen and oxygen atoms in total. The molecule has 0 spiro atoms. The Morgan fingerprint density at radius 1 is 0.796 bits per heavy atom. The Hall–Kier alpha value is -4.71. The summed E-state index contributed by atoms with van der Waals surface area (Å²) in [5.41, 5.74) is 18.6. The lowest BCUT2D eigenvalue weighted by atomic mass is 10.0. The van der Waals surface area contributed by atoms with Crippen molar-refractivity contribution in [3.8, 4) is 0 Å². The van der Waals surface area contributed by atoms with E-state index in [9.17, 15) is 24.0 Å². The number of aromatic nitrogens is 2. The largest absolute Gasteiger partial charge is 0.370 e. The number of nitrogens with one attached hydrogen (secondary N) is 5. The number of hydrogen-bond acceptors (Lipinski definition) is 7. The average Bonchev–Trinajstić information content (AvgIpc) is 3.56. The van der Waals surface area contributed by atoms with Gasteiger partial charge in [0, 0.05) is 53.2 Å². The summed E-state index contributed by atoms with van der Waals surface area (Å²) in [4.78, 5) is 76.2. The summed E-state index contributed by atoms with van der Waals surface area (Å²) in [5, 5.41) is 11.2. The average molecular weight is 807 g/mol. The normalized spacial score (nSPS) is 13.2. The molecule has 1 heterocycles. The zero-order chi connectivity index (χ0) is 35.9. The lowest BCUT2D eigenvalue weighted by Crippen LogP contribution is -2.59. The third-order valence-corrected chi connectivity index (χ3v) is 8.22. The number of carbonyl (C=O) groups excluding carboxylic acids is 5. The van der Waals surface area contributed by atoms with E-state index in [1.165, 1.54) is 19.4 Å². The predicted molar refractivity (Wildman–Crippen MR) is 193 cm³/mol. The van der Waals surface area contributed by atoms with E-state index in [-0.39, 0.29) is 44.6 Å². The van der Waals surface area contributed by atoms with Crippen molar-refractivity contribution < 1.29 is 24.0 Å². The topological polar surface area (TPSA) is 253 Å². The van der Waals surface area contributed by atoms with Crippen LogP contribution in [-0.2, 0) is 43.2 Å². The number of rotatable bonds is 18. The number of aliphatic imine (C=N–C) groups is 1. The third-order valence-electron chi connectivity index (χ3n) is 7.25. The molecule has 3 aromatic rings. The van der Waals surface area contributed by atoms with E-state index in [1.807, 2.05) is 24.3 Å². The van der Waals surface area contributed by atoms with E-state index in [0.717, 1.165) is 9.13 Å². The van der Waals surface area contributed by atoms with Crippen molar-refractivity contribution in [3.05, 3.63) is 86.5 Å². The SMILES string of the molecule is CC(=O)N[C@@H](Cc1cnc[nH]1)C(=O)N[C@H](Cc1ccc(Cl)cc1)C(=O)N[C@@H](CCCN=C(N)N)C(=O)N[C@@H](Cc1ccc(I)cc1)C(N)=O. The summed E-state index contributed by atoms with van der Waals surface area (Å²) in [5.74, 6) is -3.34. The monoisotopic (exact) mass is 806 g/mol. The molecular formula is C32H40ClIN10O5. The van der Waals surface area contributed by atoms with E-state index in [4.69, 9.17) is 28.8 Å². The standard InChI is InChI=1S/C32H40ClIN10O5/c1-18(45)41-27(15-23-16-38-17-40-23)31(49)44-26(14-19-4-8-21(33)9-5-19)30(48)42-24(3-2-12-39-32(36)37)29(47)43-25(28(35)46)13-20-6-10-22(34)11-7-20/h4-11,16-17,24-27H,2-3,12-15H2,1H3,(H2,35,46)(H,38,40)(H,41,45)(H,42,48)(H,43,47)(H,44,49)(H4,36,37,39)/t24-,25-,26+,27-/m0/s1. The van der Waals surface area contributed by atoms with Crippen LogP contribution in [0.25, 0.3) is 0 Å². The van der Waals surface area contributed by atoms with Crippen molar-refractivity contribution in [3.63, 3.8) is 0 Å². The van der Waals surface area contributed by atoms with Gasteiger partial charge in [0.1, 0.15) is 24.2 Å². The van der Waals surface area contributed by atoms with Gasteiger partial charge in [-0.05, 0) is 70.8 Å². The van der Waals surface area contributed by atoms with Crippen molar-refractivity contribution >= 4 is 69.7 Å². The first kappa shape index (κ1) is 38.7. The molecule has 0 unspecified atom stereocenters. The van der Waals surface area contributed by atoms with Crippen molar-refractivity contribution in [1.29, 1.82) is 0 Å². The minimum atomic E-state index is -1.20. The number of imidazole rings is 1. The van der Waals surface area contributed by atoms with Gasteiger partial charge in [-0.15, -0.1) is 0 Å². The molecule has 0 saturated carbocycles. The number of primary amides is 1. The second-order valence-electron chi connectivity index (χ2n) is 11.2. The van der Waals surface area contributed by atoms with Crippen molar-refractivity contribution in [2.24, 2.45) is 22.2 Å². The molecule has 0 aliphatic carbocycles. The van der Waals surface area contributed by atoms with Crippen LogP contribution in [0.5, 0.6) is 0 Å². The first-order valence-corrected chi connectivity index (χ1v) is 16.8. The summed E-state index contributed by atoms with van der Waals surface area (Å²) in [6.45, 7) is 1.44. The molecule has 0 radical (unpaired) electrons. The molecule has 3 rings (SSSR count). The van der Waals surface area contributed by atoms with E-state index in [1.54, 1.807) is 24.3 Å². The van der Waals surface area contributed by atoms with Gasteiger partial charge in [0.25, 0.3) is 0 Å². The molecule has 17 heteroatoms. The highest BCUT2D eigenvalue weighted by Gasteiger charge is 2.31. The third kappa shape index (κ3) is 13.7. The van der Waals surface area contributed by atoms with Crippen LogP contribution < -0.4 is 38.5 Å². The Bertz CT molecular complexity index is 1600. The lowest BCUT2D eigenvalue weighted by Gasteiger charge is -2.26. The number of carbonyl (C=O) groups is 5. The molecular weight excluding hydrogens is 767 g/mol. The Morgan fingerprint density at radius 2 is 1.33 bits per heavy atom. The fourth-order valence-corrected chi connectivity index (χ4v) is 5.29. The zero-order valence-corrected chi connectivity index (χ0v) is 29.7. The first-order valence-electron chi connectivity index (χ1n) is 15.3. The lowest BCUT2D eigenvalue weighted by molar-refractivity contribution is -0.134. The van der Waals surface area contributed by atoms with Crippen molar-refractivity contribution in [2.45, 2.75) is 63.2 Å². The van der Waals surface area contributed by atoms with Gasteiger partial charge in [-0.3, -0.25) is 29.0 Å². The number of benzene rings is 2. The van der Waals surface area contributed by atoms with Crippen molar-refractivity contribution in [2.75, 3.05) is 6.54 Å². The second-order valence-corrected chi connectivity index (χ2v) is 12.9. The Labute approximate surface area is 302 Å². The van der Waals surface area contributed by atoms with Gasteiger partial charge in [-0.1, -0.05) is 35.9 Å². The molecule has 0 fully saturated rings. The van der Waals surface area contributed by atoms with Gasteiger partial charge >= 0.3 is 0 Å². The van der Waals surface area contributed by atoms with Crippen LogP contribution in [0.3, 0.4) is 0 Å². The molecule has 1 aromatic heterocycles. The van der Waals surface area contributed by atoms with Crippen LogP contribution in [0.1, 0.15) is 36.6 Å². The summed E-state index contributed by atoms with van der Waals surface area (Å²) >= 11 is 8.21. The Balaban J connectivity index is 1.86. The smallest absolute Gasteiger partial charge is 0.243 e. The number of nitrogens with zero attached hydrogens (tertiary/aromatic N) is 2. The summed E-state index contributed by atoms with van der Waals surface area (Å²) in [6, 6.07) is 9.58. The molecule has 262 valence electrons. The summed E-state index contributed by atoms with van der Waals surface area (Å²) in [6.07, 6.45) is 3.55. The molecule has 49 heavy (non-hydrogen) atoms.